The van der Waals surface area contributed by atoms with Crippen LogP contribution in [0.15, 0.2) is 18.3 Å². The van der Waals surface area contributed by atoms with Crippen LogP contribution in [0.1, 0.15) is 13.3 Å². The molecule has 1 heterocycles. The first kappa shape index (κ1) is 11.9. The molecule has 0 saturated carbocycles. The van der Waals surface area contributed by atoms with E-state index in [0.717, 1.165) is 6.54 Å². The summed E-state index contributed by atoms with van der Waals surface area (Å²) in [6.45, 7) is 3.55. The zero-order valence-electron chi connectivity index (χ0n) is 8.59. The minimum absolute atomic E-state index is 0.0294. The number of carbonyl (C=O) groups is 1. The first-order chi connectivity index (χ1) is 7.22. The number of hydrogen-bond acceptors (Lipinski definition) is 3. The summed E-state index contributed by atoms with van der Waals surface area (Å²) in [4.78, 5) is 15.2. The van der Waals surface area contributed by atoms with Gasteiger partial charge in [0.1, 0.15) is 5.15 Å². The van der Waals surface area contributed by atoms with Crippen molar-refractivity contribution in [2.75, 3.05) is 18.4 Å². The molecule has 1 aromatic rings. The Morgan fingerprint density at radius 3 is 3.07 bits per heavy atom. The molecular formula is C10H14ClN3O. The van der Waals surface area contributed by atoms with E-state index in [4.69, 9.17) is 11.6 Å². The number of anilines is 1. The number of nitrogens with one attached hydrogen (secondary N) is 2. The average Bonchev–Trinajstić information content (AvgIpc) is 2.18. The molecule has 0 radical (unpaired) electrons. The van der Waals surface area contributed by atoms with Gasteiger partial charge in [-0.1, -0.05) is 18.5 Å². The number of aromatic nitrogens is 1. The summed E-state index contributed by atoms with van der Waals surface area (Å²) in [7, 11) is 0. The molecule has 4 nitrogen and oxygen atoms in total. The summed E-state index contributed by atoms with van der Waals surface area (Å²) in [6.07, 6.45) is 2.01. The van der Waals surface area contributed by atoms with Gasteiger partial charge in [0.15, 0.2) is 0 Å². The van der Waals surface area contributed by atoms with Gasteiger partial charge in [0.25, 0.3) is 0 Å². The number of nitrogens with zero attached hydrogens (tertiary/aromatic N) is 1. The van der Waals surface area contributed by atoms with Crippen LogP contribution in [0.3, 0.4) is 0 Å². The predicted molar refractivity (Wildman–Crippen MR) is 61.0 cm³/mol. The van der Waals surface area contributed by atoms with Crippen molar-refractivity contribution < 1.29 is 4.79 Å². The Morgan fingerprint density at radius 1 is 1.60 bits per heavy atom. The van der Waals surface area contributed by atoms with Crippen LogP contribution >= 0.6 is 11.6 Å². The van der Waals surface area contributed by atoms with Crippen LogP contribution in [-0.4, -0.2) is 24.0 Å². The molecule has 0 atom stereocenters. The number of hydrogen-bond donors (Lipinski definition) is 2. The molecule has 1 rings (SSSR count). The van der Waals surface area contributed by atoms with E-state index in [0.29, 0.717) is 23.8 Å². The SMILES string of the molecule is CCNCCC(=O)Nc1ccnc(Cl)c1. The van der Waals surface area contributed by atoms with Gasteiger partial charge < -0.3 is 10.6 Å². The average molecular weight is 228 g/mol. The van der Waals surface area contributed by atoms with E-state index < -0.39 is 0 Å². The van der Waals surface area contributed by atoms with Crippen molar-refractivity contribution in [2.45, 2.75) is 13.3 Å². The highest BCUT2D eigenvalue weighted by atomic mass is 35.5. The maximum absolute atomic E-state index is 11.4. The van der Waals surface area contributed by atoms with E-state index in [1.165, 1.54) is 0 Å². The minimum atomic E-state index is -0.0294. The number of pyridine rings is 1. The van der Waals surface area contributed by atoms with Gasteiger partial charge in [0, 0.05) is 24.8 Å². The quantitative estimate of drug-likeness (QED) is 0.595. The van der Waals surface area contributed by atoms with Gasteiger partial charge in [-0.05, 0) is 18.7 Å². The molecule has 0 saturated heterocycles. The third-order valence-electron chi connectivity index (χ3n) is 1.79. The highest BCUT2D eigenvalue weighted by Crippen LogP contribution is 2.11. The van der Waals surface area contributed by atoms with Crippen molar-refractivity contribution in [3.63, 3.8) is 0 Å². The number of rotatable bonds is 5. The molecule has 0 unspecified atom stereocenters. The van der Waals surface area contributed by atoms with Gasteiger partial charge in [0.2, 0.25) is 5.91 Å². The maximum Gasteiger partial charge on any atom is 0.225 e. The Morgan fingerprint density at radius 2 is 2.40 bits per heavy atom. The van der Waals surface area contributed by atoms with Crippen molar-refractivity contribution in [1.29, 1.82) is 0 Å². The number of amides is 1. The standard InChI is InChI=1S/C10H14ClN3O/c1-2-12-5-4-10(15)14-8-3-6-13-9(11)7-8/h3,6-7,12H,2,4-5H2,1H3,(H,13,14,15). The monoisotopic (exact) mass is 227 g/mol. The molecule has 0 spiro atoms. The topological polar surface area (TPSA) is 54.0 Å². The summed E-state index contributed by atoms with van der Waals surface area (Å²) in [5.41, 5.74) is 0.677. The van der Waals surface area contributed by atoms with Gasteiger partial charge in [-0.15, -0.1) is 0 Å². The summed E-state index contributed by atoms with van der Waals surface area (Å²) in [5, 5.41) is 6.19. The molecule has 0 fully saturated rings. The van der Waals surface area contributed by atoms with Crippen LogP contribution < -0.4 is 10.6 Å². The number of halogens is 1. The van der Waals surface area contributed by atoms with E-state index in [9.17, 15) is 4.79 Å². The van der Waals surface area contributed by atoms with Crippen LogP contribution in [0.5, 0.6) is 0 Å². The second-order valence-corrected chi connectivity index (χ2v) is 3.41. The molecule has 1 aromatic heterocycles. The van der Waals surface area contributed by atoms with Crippen molar-refractivity contribution >= 4 is 23.2 Å². The van der Waals surface area contributed by atoms with Gasteiger partial charge in [-0.3, -0.25) is 4.79 Å². The Kier molecular flexibility index (Phi) is 5.07. The third-order valence-corrected chi connectivity index (χ3v) is 2.00. The van der Waals surface area contributed by atoms with Crippen molar-refractivity contribution in [2.24, 2.45) is 0 Å². The predicted octanol–water partition coefficient (Wildman–Crippen LogP) is 1.67. The molecule has 5 heteroatoms. The zero-order valence-corrected chi connectivity index (χ0v) is 9.34. The Balaban J connectivity index is 2.37. The van der Waals surface area contributed by atoms with Crippen LogP contribution in [-0.2, 0) is 4.79 Å². The lowest BCUT2D eigenvalue weighted by atomic mass is 10.3. The molecule has 0 aliphatic heterocycles. The van der Waals surface area contributed by atoms with E-state index >= 15 is 0 Å². The fraction of sp³-hybridized carbons (Fsp3) is 0.400. The smallest absolute Gasteiger partial charge is 0.225 e. The van der Waals surface area contributed by atoms with Gasteiger partial charge in [-0.25, -0.2) is 4.98 Å². The summed E-state index contributed by atoms with van der Waals surface area (Å²) < 4.78 is 0. The second-order valence-electron chi connectivity index (χ2n) is 3.02. The van der Waals surface area contributed by atoms with Crippen molar-refractivity contribution in [3.05, 3.63) is 23.5 Å². The van der Waals surface area contributed by atoms with E-state index in [1.54, 1.807) is 18.3 Å². The van der Waals surface area contributed by atoms with Crippen LogP contribution in [0, 0.1) is 0 Å². The molecule has 0 aromatic carbocycles. The third kappa shape index (κ3) is 4.76. The minimum Gasteiger partial charge on any atom is -0.326 e. The largest absolute Gasteiger partial charge is 0.326 e. The summed E-state index contributed by atoms with van der Waals surface area (Å²) in [5.74, 6) is -0.0294. The summed E-state index contributed by atoms with van der Waals surface area (Å²) >= 11 is 5.68. The van der Waals surface area contributed by atoms with Crippen molar-refractivity contribution in [1.82, 2.24) is 10.3 Å². The molecule has 0 aliphatic carbocycles. The van der Waals surface area contributed by atoms with E-state index in [1.807, 2.05) is 6.92 Å². The fourth-order valence-electron chi connectivity index (χ4n) is 1.08. The first-order valence-corrected chi connectivity index (χ1v) is 5.22. The van der Waals surface area contributed by atoms with Gasteiger partial charge in [-0.2, -0.15) is 0 Å². The van der Waals surface area contributed by atoms with Gasteiger partial charge >= 0.3 is 0 Å². The molecule has 0 aliphatic rings. The molecule has 1 amide bonds. The van der Waals surface area contributed by atoms with Crippen LogP contribution in [0.4, 0.5) is 5.69 Å². The lowest BCUT2D eigenvalue weighted by Gasteiger charge is -2.05. The lowest BCUT2D eigenvalue weighted by Crippen LogP contribution is -2.21. The zero-order chi connectivity index (χ0) is 11.1. The Labute approximate surface area is 94.0 Å². The molecule has 15 heavy (non-hydrogen) atoms. The Bertz CT molecular complexity index is 330. The van der Waals surface area contributed by atoms with Crippen molar-refractivity contribution in [3.8, 4) is 0 Å². The molecular weight excluding hydrogens is 214 g/mol. The number of carbonyl (C=O) groups excluding carboxylic acids is 1. The lowest BCUT2D eigenvalue weighted by molar-refractivity contribution is -0.116. The van der Waals surface area contributed by atoms with Gasteiger partial charge in [0.05, 0.1) is 0 Å². The molecule has 2 N–H and O–H groups in total. The first-order valence-electron chi connectivity index (χ1n) is 4.84. The highest BCUT2D eigenvalue weighted by Gasteiger charge is 2.01. The fourth-order valence-corrected chi connectivity index (χ4v) is 1.26. The van der Waals surface area contributed by atoms with Crippen LogP contribution in [0.2, 0.25) is 5.15 Å². The Hall–Kier alpha value is -1.13. The maximum atomic E-state index is 11.4. The molecule has 82 valence electrons. The molecule has 0 bridgehead atoms. The normalized spacial score (nSPS) is 10.0. The highest BCUT2D eigenvalue weighted by molar-refractivity contribution is 6.29. The van der Waals surface area contributed by atoms with E-state index in [-0.39, 0.29) is 5.91 Å². The second kappa shape index (κ2) is 6.37. The summed E-state index contributed by atoms with van der Waals surface area (Å²) in [6, 6.07) is 3.32. The van der Waals surface area contributed by atoms with Crippen LogP contribution in [0.25, 0.3) is 0 Å². The van der Waals surface area contributed by atoms with E-state index in [2.05, 4.69) is 15.6 Å².